The van der Waals surface area contributed by atoms with Crippen LogP contribution in [0.5, 0.6) is 0 Å². The van der Waals surface area contributed by atoms with Crippen molar-refractivity contribution in [1.82, 2.24) is 9.97 Å². The minimum absolute atomic E-state index is 0.0279. The van der Waals surface area contributed by atoms with Gasteiger partial charge < -0.3 is 5.32 Å². The van der Waals surface area contributed by atoms with Crippen LogP contribution in [0.25, 0.3) is 0 Å². The molecular formula is C22H21N3O4S2. The quantitative estimate of drug-likeness (QED) is 0.465. The Balaban J connectivity index is 1.75. The van der Waals surface area contributed by atoms with Crippen molar-refractivity contribution in [1.29, 1.82) is 0 Å². The van der Waals surface area contributed by atoms with Gasteiger partial charge in [0.1, 0.15) is 10.7 Å². The molecular weight excluding hydrogens is 434 g/mol. The van der Waals surface area contributed by atoms with Crippen LogP contribution in [-0.2, 0) is 22.7 Å². The summed E-state index contributed by atoms with van der Waals surface area (Å²) < 4.78 is 23.6. The number of hydrogen-bond donors (Lipinski definition) is 1. The highest BCUT2D eigenvalue weighted by molar-refractivity contribution is 7.90. The molecule has 0 fully saturated rings. The van der Waals surface area contributed by atoms with E-state index in [1.165, 1.54) is 17.5 Å². The van der Waals surface area contributed by atoms with Crippen LogP contribution in [0.2, 0.25) is 0 Å². The molecule has 0 bridgehead atoms. The van der Waals surface area contributed by atoms with Crippen LogP contribution in [-0.4, -0.2) is 36.3 Å². The molecule has 0 unspecified atom stereocenters. The van der Waals surface area contributed by atoms with Gasteiger partial charge in [0.2, 0.25) is 15.0 Å². The second-order valence-corrected chi connectivity index (χ2v) is 10.5. The second-order valence-electron chi connectivity index (χ2n) is 7.52. The van der Waals surface area contributed by atoms with Gasteiger partial charge in [-0.05, 0) is 43.7 Å². The number of amides is 1. The zero-order valence-corrected chi connectivity index (χ0v) is 18.8. The average Bonchev–Trinajstić information content (AvgIpc) is 3.11. The molecule has 2 heterocycles. The number of nitrogens with zero attached hydrogens (tertiary/aromatic N) is 2. The van der Waals surface area contributed by atoms with Crippen LogP contribution in [0.4, 0.5) is 5.00 Å². The summed E-state index contributed by atoms with van der Waals surface area (Å²) in [5.74, 6) is -0.697. The van der Waals surface area contributed by atoms with Gasteiger partial charge in [-0.2, -0.15) is 0 Å². The number of aryl methyl sites for hydroxylation is 2. The molecule has 0 atom stereocenters. The summed E-state index contributed by atoms with van der Waals surface area (Å²) in [7, 11) is -3.66. The van der Waals surface area contributed by atoms with Gasteiger partial charge in [0, 0.05) is 22.9 Å². The molecule has 160 valence electrons. The first-order valence-corrected chi connectivity index (χ1v) is 12.6. The first-order chi connectivity index (χ1) is 14.8. The minimum atomic E-state index is -3.66. The summed E-state index contributed by atoms with van der Waals surface area (Å²) in [6.07, 6.45) is 6.00. The summed E-state index contributed by atoms with van der Waals surface area (Å²) in [4.78, 5) is 35.2. The average molecular weight is 456 g/mol. The van der Waals surface area contributed by atoms with Crippen LogP contribution in [0.1, 0.15) is 55.3 Å². The number of carbonyl (C=O) groups excluding carboxylic acids is 2. The lowest BCUT2D eigenvalue weighted by atomic mass is 9.92. The third-order valence-electron chi connectivity index (χ3n) is 5.16. The maximum atomic E-state index is 13.3. The number of rotatable bonds is 5. The van der Waals surface area contributed by atoms with Crippen molar-refractivity contribution in [2.45, 2.75) is 37.8 Å². The first-order valence-electron chi connectivity index (χ1n) is 9.85. The van der Waals surface area contributed by atoms with Crippen LogP contribution >= 0.6 is 11.3 Å². The zero-order valence-electron chi connectivity index (χ0n) is 17.1. The molecule has 1 amide bonds. The number of fused-ring (bicyclic) bond motifs is 1. The van der Waals surface area contributed by atoms with Crippen LogP contribution in [0, 0.1) is 6.92 Å². The van der Waals surface area contributed by atoms with Gasteiger partial charge in [-0.1, -0.05) is 30.3 Å². The number of nitrogens with one attached hydrogen (secondary N) is 1. The Hall–Kier alpha value is -2.91. The third-order valence-corrected chi connectivity index (χ3v) is 7.22. The lowest BCUT2D eigenvalue weighted by Gasteiger charge is -2.13. The number of aromatic nitrogens is 2. The molecule has 31 heavy (non-hydrogen) atoms. The van der Waals surface area contributed by atoms with Crippen molar-refractivity contribution < 1.29 is 18.0 Å². The minimum Gasteiger partial charge on any atom is -0.312 e. The van der Waals surface area contributed by atoms with E-state index >= 15 is 0 Å². The highest BCUT2D eigenvalue weighted by atomic mass is 32.2. The molecule has 1 aromatic carbocycles. The number of ketones is 1. The Morgan fingerprint density at radius 3 is 2.52 bits per heavy atom. The summed E-state index contributed by atoms with van der Waals surface area (Å²) in [5.41, 5.74) is 2.50. The molecule has 3 aromatic rings. The largest absolute Gasteiger partial charge is 0.312 e. The molecule has 1 aliphatic rings. The van der Waals surface area contributed by atoms with Crippen molar-refractivity contribution in [2.75, 3.05) is 11.6 Å². The highest BCUT2D eigenvalue weighted by Gasteiger charge is 2.28. The molecule has 0 saturated heterocycles. The van der Waals surface area contributed by atoms with E-state index in [0.29, 0.717) is 21.7 Å². The lowest BCUT2D eigenvalue weighted by Crippen LogP contribution is -2.19. The monoisotopic (exact) mass is 455 g/mol. The molecule has 1 N–H and O–H groups in total. The lowest BCUT2D eigenvalue weighted by molar-refractivity contribution is 0.102. The van der Waals surface area contributed by atoms with Crippen molar-refractivity contribution in [3.63, 3.8) is 0 Å². The summed E-state index contributed by atoms with van der Waals surface area (Å²) in [5, 5.41) is 2.90. The van der Waals surface area contributed by atoms with Crippen LogP contribution in [0.15, 0.2) is 41.7 Å². The van der Waals surface area contributed by atoms with Crippen molar-refractivity contribution in [3.8, 4) is 0 Å². The smallest absolute Gasteiger partial charge is 0.275 e. The molecule has 9 heteroatoms. The third kappa shape index (κ3) is 4.28. The Morgan fingerprint density at radius 1 is 1.10 bits per heavy atom. The molecule has 0 saturated carbocycles. The van der Waals surface area contributed by atoms with E-state index in [-0.39, 0.29) is 11.5 Å². The Bertz CT molecular complexity index is 1280. The van der Waals surface area contributed by atoms with E-state index in [1.54, 1.807) is 31.2 Å². The molecule has 1 aliphatic carbocycles. The predicted molar refractivity (Wildman–Crippen MR) is 119 cm³/mol. The highest BCUT2D eigenvalue weighted by Crippen LogP contribution is 2.39. The topological polar surface area (TPSA) is 106 Å². The van der Waals surface area contributed by atoms with Gasteiger partial charge in [-0.3, -0.25) is 9.59 Å². The molecule has 0 aliphatic heterocycles. The summed E-state index contributed by atoms with van der Waals surface area (Å²) in [6.45, 7) is 1.64. The van der Waals surface area contributed by atoms with E-state index in [2.05, 4.69) is 15.3 Å². The fourth-order valence-corrected chi connectivity index (χ4v) is 5.41. The molecule has 0 radical (unpaired) electrons. The van der Waals surface area contributed by atoms with Crippen LogP contribution < -0.4 is 5.32 Å². The molecule has 0 spiro atoms. The number of sulfone groups is 1. The van der Waals surface area contributed by atoms with Gasteiger partial charge in [-0.15, -0.1) is 11.3 Å². The van der Waals surface area contributed by atoms with Gasteiger partial charge in [0.05, 0.1) is 5.56 Å². The fraction of sp³-hybridized carbons (Fsp3) is 0.273. The Morgan fingerprint density at radius 2 is 1.81 bits per heavy atom. The van der Waals surface area contributed by atoms with Gasteiger partial charge in [0.25, 0.3) is 5.91 Å². The van der Waals surface area contributed by atoms with E-state index in [1.807, 2.05) is 6.07 Å². The zero-order chi connectivity index (χ0) is 22.2. The maximum Gasteiger partial charge on any atom is 0.275 e. The second kappa shape index (κ2) is 8.32. The maximum absolute atomic E-state index is 13.3. The van der Waals surface area contributed by atoms with E-state index in [0.717, 1.165) is 42.4 Å². The number of carbonyl (C=O) groups is 2. The number of benzene rings is 1. The van der Waals surface area contributed by atoms with Crippen molar-refractivity contribution in [3.05, 3.63) is 69.4 Å². The van der Waals surface area contributed by atoms with Crippen LogP contribution in [0.3, 0.4) is 0 Å². The van der Waals surface area contributed by atoms with Crippen molar-refractivity contribution in [2.24, 2.45) is 0 Å². The summed E-state index contributed by atoms with van der Waals surface area (Å²) >= 11 is 1.41. The standard InChI is InChI=1S/C22H21N3O4S2/c1-13-12-23-22(31(2,28)29)24-18(13)20(27)25-21-17(15-10-6-7-11-16(15)30-21)19(26)14-8-4-3-5-9-14/h3-5,8-9,12H,6-7,10-11H2,1-2H3,(H,25,27). The Kier molecular flexibility index (Phi) is 5.72. The van der Waals surface area contributed by atoms with Gasteiger partial charge in [-0.25, -0.2) is 18.4 Å². The normalized spacial score (nSPS) is 13.5. The molecule has 2 aromatic heterocycles. The van der Waals surface area contributed by atoms with E-state index < -0.39 is 20.9 Å². The SMILES string of the molecule is Cc1cnc(S(C)(=O)=O)nc1C(=O)Nc1sc2c(c1C(=O)c1ccccc1)CCCC2. The van der Waals surface area contributed by atoms with Crippen molar-refractivity contribution >= 4 is 37.9 Å². The number of anilines is 1. The van der Waals surface area contributed by atoms with E-state index in [9.17, 15) is 18.0 Å². The summed E-state index contributed by atoms with van der Waals surface area (Å²) in [6, 6.07) is 8.98. The Labute approximate surface area is 184 Å². The number of thiophene rings is 1. The van der Waals surface area contributed by atoms with Gasteiger partial charge >= 0.3 is 0 Å². The van der Waals surface area contributed by atoms with E-state index in [4.69, 9.17) is 0 Å². The first kappa shape index (κ1) is 21.3. The van der Waals surface area contributed by atoms with Gasteiger partial charge in [0.15, 0.2) is 5.78 Å². The molecule has 7 nitrogen and oxygen atoms in total. The predicted octanol–water partition coefficient (Wildman–Crippen LogP) is 3.61. The fourth-order valence-electron chi connectivity index (χ4n) is 3.62. The number of hydrogen-bond acceptors (Lipinski definition) is 7. The molecule has 4 rings (SSSR count).